The molecule has 1 aromatic carbocycles. The van der Waals surface area contributed by atoms with E-state index in [9.17, 15) is 9.50 Å². The number of aliphatic hydroxyl groups excluding tert-OH is 1. The summed E-state index contributed by atoms with van der Waals surface area (Å²) in [6, 6.07) is 5.15. The van der Waals surface area contributed by atoms with Crippen LogP contribution in [0.2, 0.25) is 0 Å². The van der Waals surface area contributed by atoms with Crippen LogP contribution in [-0.2, 0) is 13.1 Å². The number of benzene rings is 1. The molecule has 3 nitrogen and oxygen atoms in total. The molecule has 0 amide bonds. The van der Waals surface area contributed by atoms with Crippen molar-refractivity contribution in [1.82, 2.24) is 4.90 Å². The first-order valence-corrected chi connectivity index (χ1v) is 6.07. The third kappa shape index (κ3) is 3.25. The minimum Gasteiger partial charge on any atom is -0.392 e. The van der Waals surface area contributed by atoms with Crippen LogP contribution in [0.25, 0.3) is 0 Å². The first-order chi connectivity index (χ1) is 8.19. The number of rotatable bonds is 3. The van der Waals surface area contributed by atoms with E-state index in [1.165, 1.54) is 6.07 Å². The lowest BCUT2D eigenvalue weighted by atomic mass is 10.1. The highest BCUT2D eigenvalue weighted by Gasteiger charge is 2.18. The van der Waals surface area contributed by atoms with Gasteiger partial charge >= 0.3 is 0 Å². The minimum atomic E-state index is -0.268. The highest BCUT2D eigenvalue weighted by Crippen LogP contribution is 2.16. The zero-order valence-electron chi connectivity index (χ0n) is 9.90. The Balaban J connectivity index is 2.02. The third-order valence-electron chi connectivity index (χ3n) is 3.23. The number of nitrogens with zero attached hydrogens (tertiary/aromatic N) is 1. The smallest absolute Gasteiger partial charge is 0.128 e. The van der Waals surface area contributed by atoms with E-state index >= 15 is 0 Å². The van der Waals surface area contributed by atoms with Crippen molar-refractivity contribution in [1.29, 1.82) is 0 Å². The zero-order chi connectivity index (χ0) is 12.3. The van der Waals surface area contributed by atoms with E-state index in [1.54, 1.807) is 6.07 Å². The van der Waals surface area contributed by atoms with Gasteiger partial charge in [0, 0.05) is 25.2 Å². The lowest BCUT2D eigenvalue weighted by Gasteiger charge is -2.30. The highest BCUT2D eigenvalue weighted by atomic mass is 19.1. The van der Waals surface area contributed by atoms with Crippen LogP contribution in [0.5, 0.6) is 0 Å². The Kier molecular flexibility index (Phi) is 4.10. The molecule has 1 heterocycles. The monoisotopic (exact) mass is 238 g/mol. The molecule has 1 fully saturated rings. The quantitative estimate of drug-likeness (QED) is 0.833. The summed E-state index contributed by atoms with van der Waals surface area (Å²) in [7, 11) is 0. The molecule has 94 valence electrons. The van der Waals surface area contributed by atoms with E-state index in [0.29, 0.717) is 25.2 Å². The van der Waals surface area contributed by atoms with E-state index in [1.807, 2.05) is 6.07 Å². The molecule has 1 unspecified atom stereocenters. The summed E-state index contributed by atoms with van der Waals surface area (Å²) in [5, 5.41) is 9.56. The molecule has 2 rings (SSSR count). The van der Waals surface area contributed by atoms with Crippen molar-refractivity contribution in [2.24, 2.45) is 5.73 Å². The third-order valence-corrected chi connectivity index (χ3v) is 3.23. The molecular formula is C13H19FN2O. The molecule has 0 saturated carbocycles. The van der Waals surface area contributed by atoms with E-state index in [-0.39, 0.29) is 11.9 Å². The number of aliphatic hydroxyl groups is 1. The van der Waals surface area contributed by atoms with Gasteiger partial charge in [0.15, 0.2) is 0 Å². The van der Waals surface area contributed by atoms with Crippen LogP contribution >= 0.6 is 0 Å². The predicted octanol–water partition coefficient (Wildman–Crippen LogP) is 1.24. The number of piperidine rings is 1. The Morgan fingerprint density at radius 3 is 2.94 bits per heavy atom. The lowest BCUT2D eigenvalue weighted by Crippen LogP contribution is -2.37. The molecule has 1 saturated heterocycles. The summed E-state index contributed by atoms with van der Waals surface area (Å²) in [5.41, 5.74) is 6.95. The second-order valence-electron chi connectivity index (χ2n) is 4.66. The second-order valence-corrected chi connectivity index (χ2v) is 4.66. The molecular weight excluding hydrogens is 219 g/mol. The predicted molar refractivity (Wildman–Crippen MR) is 64.8 cm³/mol. The number of β-amino-alcohol motifs (C(OH)–C–C–N with tert-alkyl or cyclic N) is 1. The van der Waals surface area contributed by atoms with Crippen molar-refractivity contribution in [3.05, 3.63) is 35.1 Å². The van der Waals surface area contributed by atoms with Gasteiger partial charge in [0.05, 0.1) is 6.10 Å². The maximum atomic E-state index is 13.7. The maximum absolute atomic E-state index is 13.7. The number of hydrogen-bond donors (Lipinski definition) is 2. The molecule has 1 aliphatic rings. The fourth-order valence-electron chi connectivity index (χ4n) is 2.26. The van der Waals surface area contributed by atoms with Crippen LogP contribution in [0, 0.1) is 5.82 Å². The van der Waals surface area contributed by atoms with Crippen LogP contribution < -0.4 is 5.73 Å². The van der Waals surface area contributed by atoms with E-state index in [0.717, 1.165) is 24.9 Å². The summed E-state index contributed by atoms with van der Waals surface area (Å²) in [6.07, 6.45) is 1.56. The first kappa shape index (κ1) is 12.5. The fourth-order valence-corrected chi connectivity index (χ4v) is 2.26. The normalized spacial score (nSPS) is 21.7. The van der Waals surface area contributed by atoms with Gasteiger partial charge in [-0.25, -0.2) is 4.39 Å². The van der Waals surface area contributed by atoms with Gasteiger partial charge in [0.25, 0.3) is 0 Å². The van der Waals surface area contributed by atoms with Crippen molar-refractivity contribution >= 4 is 0 Å². The summed E-state index contributed by atoms with van der Waals surface area (Å²) in [5.74, 6) is -0.201. The molecule has 0 bridgehead atoms. The van der Waals surface area contributed by atoms with Gasteiger partial charge < -0.3 is 10.8 Å². The molecule has 0 spiro atoms. The largest absolute Gasteiger partial charge is 0.392 e. The summed E-state index contributed by atoms with van der Waals surface area (Å²) in [6.45, 7) is 2.49. The Labute approximate surface area is 101 Å². The van der Waals surface area contributed by atoms with Crippen molar-refractivity contribution in [2.45, 2.75) is 32.0 Å². The minimum absolute atomic E-state index is 0.201. The Morgan fingerprint density at radius 2 is 2.29 bits per heavy atom. The molecule has 0 radical (unpaired) electrons. The van der Waals surface area contributed by atoms with Crippen LogP contribution in [0.4, 0.5) is 4.39 Å². The van der Waals surface area contributed by atoms with Gasteiger partial charge in [-0.1, -0.05) is 12.1 Å². The Morgan fingerprint density at radius 1 is 1.47 bits per heavy atom. The summed E-state index contributed by atoms with van der Waals surface area (Å²) in [4.78, 5) is 2.09. The fraction of sp³-hybridized carbons (Fsp3) is 0.538. The van der Waals surface area contributed by atoms with E-state index < -0.39 is 0 Å². The van der Waals surface area contributed by atoms with Gasteiger partial charge in [0.2, 0.25) is 0 Å². The van der Waals surface area contributed by atoms with Crippen molar-refractivity contribution in [2.75, 3.05) is 13.1 Å². The average molecular weight is 238 g/mol. The molecule has 1 aliphatic heterocycles. The summed E-state index contributed by atoms with van der Waals surface area (Å²) >= 11 is 0. The molecule has 17 heavy (non-hydrogen) atoms. The van der Waals surface area contributed by atoms with Gasteiger partial charge in [-0.3, -0.25) is 4.90 Å². The second kappa shape index (κ2) is 5.58. The molecule has 4 heteroatoms. The molecule has 0 aromatic heterocycles. The standard InChI is InChI=1S/C13H19FN2O/c14-13-6-10(7-15)3-4-11(13)8-16-5-1-2-12(17)9-16/h3-4,6,12,17H,1-2,5,7-9,15H2. The maximum Gasteiger partial charge on any atom is 0.128 e. The van der Waals surface area contributed by atoms with Crippen LogP contribution in [0.1, 0.15) is 24.0 Å². The highest BCUT2D eigenvalue weighted by molar-refractivity contribution is 5.24. The van der Waals surface area contributed by atoms with E-state index in [4.69, 9.17) is 5.73 Å². The van der Waals surface area contributed by atoms with Crippen molar-refractivity contribution in [3.8, 4) is 0 Å². The number of likely N-dealkylation sites (tertiary alicyclic amines) is 1. The molecule has 3 N–H and O–H groups in total. The Hall–Kier alpha value is -0.970. The van der Waals surface area contributed by atoms with Gasteiger partial charge in [-0.2, -0.15) is 0 Å². The number of halogens is 1. The topological polar surface area (TPSA) is 49.5 Å². The SMILES string of the molecule is NCc1ccc(CN2CCCC(O)C2)c(F)c1. The Bertz CT molecular complexity index is 384. The number of nitrogens with two attached hydrogens (primary N) is 1. The van der Waals surface area contributed by atoms with Gasteiger partial charge in [-0.15, -0.1) is 0 Å². The number of hydrogen-bond acceptors (Lipinski definition) is 3. The van der Waals surface area contributed by atoms with Crippen LogP contribution in [0.15, 0.2) is 18.2 Å². The zero-order valence-corrected chi connectivity index (χ0v) is 9.90. The molecule has 0 aliphatic carbocycles. The van der Waals surface area contributed by atoms with Gasteiger partial charge in [0.1, 0.15) is 5.82 Å². The van der Waals surface area contributed by atoms with Gasteiger partial charge in [-0.05, 0) is 31.0 Å². The first-order valence-electron chi connectivity index (χ1n) is 6.07. The van der Waals surface area contributed by atoms with Crippen molar-refractivity contribution in [3.63, 3.8) is 0 Å². The van der Waals surface area contributed by atoms with Crippen molar-refractivity contribution < 1.29 is 9.50 Å². The molecule has 1 aromatic rings. The molecule has 1 atom stereocenters. The lowest BCUT2D eigenvalue weighted by molar-refractivity contribution is 0.0662. The van der Waals surface area contributed by atoms with E-state index in [2.05, 4.69) is 4.90 Å². The van der Waals surface area contributed by atoms with Crippen LogP contribution in [-0.4, -0.2) is 29.2 Å². The average Bonchev–Trinajstić information content (AvgIpc) is 2.32. The van der Waals surface area contributed by atoms with Crippen LogP contribution in [0.3, 0.4) is 0 Å². The summed E-state index contributed by atoms with van der Waals surface area (Å²) < 4.78 is 13.7.